The second kappa shape index (κ2) is 12.3. The quantitative estimate of drug-likeness (QED) is 0.487. The zero-order chi connectivity index (χ0) is 24.5. The highest BCUT2D eigenvalue weighted by Gasteiger charge is 2.28. The molecule has 0 bridgehead atoms. The fourth-order valence-electron chi connectivity index (χ4n) is 4.64. The summed E-state index contributed by atoms with van der Waals surface area (Å²) < 4.78 is 11.0. The summed E-state index contributed by atoms with van der Waals surface area (Å²) in [5.74, 6) is 1.46. The standard InChI is InChI=1S/C29H35N3O3/c1-3-35-26-15-14-23(22-27(26)34-2)16-17-30-29(33)32-20-18-31(19-21-32)28(24-10-6-4-7-11-24)25-12-8-5-9-13-25/h4-15,22,28H,3,16-21H2,1-2H3,(H,30,33). The van der Waals surface area contributed by atoms with Crippen molar-refractivity contribution in [3.05, 3.63) is 95.6 Å². The summed E-state index contributed by atoms with van der Waals surface area (Å²) in [6.45, 7) is 6.20. The van der Waals surface area contributed by atoms with Crippen LogP contribution in [0.1, 0.15) is 29.7 Å². The largest absolute Gasteiger partial charge is 0.493 e. The van der Waals surface area contributed by atoms with Gasteiger partial charge < -0.3 is 19.7 Å². The first-order valence-corrected chi connectivity index (χ1v) is 12.4. The van der Waals surface area contributed by atoms with Crippen LogP contribution in [0.25, 0.3) is 0 Å². The number of piperazine rings is 1. The molecule has 1 heterocycles. The SMILES string of the molecule is CCOc1ccc(CCNC(=O)N2CCN(C(c3ccccc3)c3ccccc3)CC2)cc1OC. The second-order valence-corrected chi connectivity index (χ2v) is 8.65. The zero-order valence-electron chi connectivity index (χ0n) is 20.7. The molecular formula is C29H35N3O3. The Balaban J connectivity index is 1.30. The Morgan fingerprint density at radius 1 is 0.886 bits per heavy atom. The number of amides is 2. The van der Waals surface area contributed by atoms with E-state index in [0.717, 1.165) is 36.6 Å². The molecule has 0 unspecified atom stereocenters. The van der Waals surface area contributed by atoms with Crippen molar-refractivity contribution in [1.29, 1.82) is 0 Å². The molecule has 1 N–H and O–H groups in total. The van der Waals surface area contributed by atoms with Crippen LogP contribution >= 0.6 is 0 Å². The number of nitrogens with one attached hydrogen (secondary N) is 1. The molecule has 0 radical (unpaired) electrons. The van der Waals surface area contributed by atoms with Gasteiger partial charge in [-0.3, -0.25) is 4.90 Å². The van der Waals surface area contributed by atoms with E-state index in [1.807, 2.05) is 30.0 Å². The van der Waals surface area contributed by atoms with Crippen LogP contribution in [0.3, 0.4) is 0 Å². The Bertz CT molecular complexity index is 1030. The highest BCUT2D eigenvalue weighted by molar-refractivity contribution is 5.74. The molecule has 3 aromatic rings. The van der Waals surface area contributed by atoms with Crippen molar-refractivity contribution in [1.82, 2.24) is 15.1 Å². The number of nitrogens with zero attached hydrogens (tertiary/aromatic N) is 2. The average molecular weight is 474 g/mol. The first-order chi connectivity index (χ1) is 17.2. The zero-order valence-corrected chi connectivity index (χ0v) is 20.7. The Labute approximate surface area is 208 Å². The van der Waals surface area contributed by atoms with E-state index in [-0.39, 0.29) is 12.1 Å². The molecular weight excluding hydrogens is 438 g/mol. The van der Waals surface area contributed by atoms with Crippen LogP contribution in [0.2, 0.25) is 0 Å². The maximum atomic E-state index is 12.8. The smallest absolute Gasteiger partial charge is 0.317 e. The van der Waals surface area contributed by atoms with Gasteiger partial charge in [0.1, 0.15) is 0 Å². The van der Waals surface area contributed by atoms with Crippen LogP contribution in [0.15, 0.2) is 78.9 Å². The highest BCUT2D eigenvalue weighted by atomic mass is 16.5. The maximum absolute atomic E-state index is 12.8. The van der Waals surface area contributed by atoms with Gasteiger partial charge in [-0.15, -0.1) is 0 Å². The summed E-state index contributed by atoms with van der Waals surface area (Å²) >= 11 is 0. The van der Waals surface area contributed by atoms with E-state index < -0.39 is 0 Å². The van der Waals surface area contributed by atoms with Crippen LogP contribution in [-0.4, -0.2) is 62.3 Å². The molecule has 0 aliphatic carbocycles. The first-order valence-electron chi connectivity index (χ1n) is 12.4. The fraction of sp³-hybridized carbons (Fsp3) is 0.345. The molecule has 0 spiro atoms. The van der Waals surface area contributed by atoms with Crippen molar-refractivity contribution in [2.75, 3.05) is 46.4 Å². The monoisotopic (exact) mass is 473 g/mol. The van der Waals surface area contributed by atoms with Crippen LogP contribution in [0.5, 0.6) is 11.5 Å². The molecule has 6 nitrogen and oxygen atoms in total. The highest BCUT2D eigenvalue weighted by Crippen LogP contribution is 2.30. The number of urea groups is 1. The minimum atomic E-state index is -0.00137. The first kappa shape index (κ1) is 24.6. The number of hydrogen-bond acceptors (Lipinski definition) is 4. The van der Waals surface area contributed by atoms with Crippen LogP contribution in [-0.2, 0) is 6.42 Å². The lowest BCUT2D eigenvalue weighted by Crippen LogP contribution is -2.52. The molecule has 4 rings (SSSR count). The van der Waals surface area contributed by atoms with Gasteiger partial charge in [0, 0.05) is 32.7 Å². The van der Waals surface area contributed by atoms with Gasteiger partial charge in [-0.1, -0.05) is 66.7 Å². The summed E-state index contributed by atoms with van der Waals surface area (Å²) in [6, 6.07) is 27.3. The topological polar surface area (TPSA) is 54.0 Å². The molecule has 3 aromatic carbocycles. The van der Waals surface area contributed by atoms with E-state index in [1.165, 1.54) is 11.1 Å². The number of carbonyl (C=O) groups excluding carboxylic acids is 1. The average Bonchev–Trinajstić information content (AvgIpc) is 2.91. The van der Waals surface area contributed by atoms with Gasteiger partial charge in [0.05, 0.1) is 19.8 Å². The van der Waals surface area contributed by atoms with E-state index in [9.17, 15) is 4.79 Å². The maximum Gasteiger partial charge on any atom is 0.317 e. The summed E-state index contributed by atoms with van der Waals surface area (Å²) in [4.78, 5) is 17.2. The van der Waals surface area contributed by atoms with Crippen molar-refractivity contribution >= 4 is 6.03 Å². The number of hydrogen-bond donors (Lipinski definition) is 1. The fourth-order valence-corrected chi connectivity index (χ4v) is 4.64. The molecule has 1 saturated heterocycles. The molecule has 0 atom stereocenters. The number of methoxy groups -OCH3 is 1. The molecule has 6 heteroatoms. The predicted octanol–water partition coefficient (Wildman–Crippen LogP) is 4.75. The summed E-state index contributed by atoms with van der Waals surface area (Å²) in [5.41, 5.74) is 3.66. The summed E-state index contributed by atoms with van der Waals surface area (Å²) in [5, 5.41) is 3.08. The van der Waals surface area contributed by atoms with Gasteiger partial charge in [-0.05, 0) is 42.2 Å². The number of rotatable bonds is 9. The van der Waals surface area contributed by atoms with E-state index in [4.69, 9.17) is 9.47 Å². The lowest BCUT2D eigenvalue weighted by Gasteiger charge is -2.39. The third-order valence-corrected chi connectivity index (χ3v) is 6.42. The molecule has 1 aliphatic heterocycles. The second-order valence-electron chi connectivity index (χ2n) is 8.65. The van der Waals surface area contributed by atoms with Crippen molar-refractivity contribution in [2.24, 2.45) is 0 Å². The Kier molecular flexibility index (Phi) is 8.63. The van der Waals surface area contributed by atoms with Crippen LogP contribution < -0.4 is 14.8 Å². The molecule has 0 aromatic heterocycles. The van der Waals surface area contributed by atoms with Gasteiger partial charge in [-0.25, -0.2) is 4.79 Å². The van der Waals surface area contributed by atoms with Crippen LogP contribution in [0, 0.1) is 0 Å². The third kappa shape index (κ3) is 6.34. The molecule has 1 fully saturated rings. The van der Waals surface area contributed by atoms with Gasteiger partial charge >= 0.3 is 6.03 Å². The van der Waals surface area contributed by atoms with Crippen molar-refractivity contribution in [2.45, 2.75) is 19.4 Å². The van der Waals surface area contributed by atoms with Gasteiger partial charge in [0.15, 0.2) is 11.5 Å². The number of carbonyl (C=O) groups is 1. The summed E-state index contributed by atoms with van der Waals surface area (Å²) in [6.07, 6.45) is 0.735. The number of benzene rings is 3. The molecule has 1 aliphatic rings. The Morgan fingerprint density at radius 3 is 2.09 bits per heavy atom. The summed E-state index contributed by atoms with van der Waals surface area (Å²) in [7, 11) is 1.64. The molecule has 35 heavy (non-hydrogen) atoms. The van der Waals surface area contributed by atoms with Gasteiger partial charge in [0.2, 0.25) is 0 Å². The van der Waals surface area contributed by atoms with E-state index in [1.54, 1.807) is 7.11 Å². The van der Waals surface area contributed by atoms with Crippen LogP contribution in [0.4, 0.5) is 4.79 Å². The molecule has 0 saturated carbocycles. The Morgan fingerprint density at radius 2 is 1.51 bits per heavy atom. The molecule has 184 valence electrons. The lowest BCUT2D eigenvalue weighted by molar-refractivity contribution is 0.120. The van der Waals surface area contributed by atoms with Crippen molar-refractivity contribution in [3.8, 4) is 11.5 Å². The van der Waals surface area contributed by atoms with Gasteiger partial charge in [0.25, 0.3) is 0 Å². The third-order valence-electron chi connectivity index (χ3n) is 6.42. The van der Waals surface area contributed by atoms with Gasteiger partial charge in [-0.2, -0.15) is 0 Å². The lowest BCUT2D eigenvalue weighted by atomic mass is 9.96. The Hall–Kier alpha value is -3.51. The van der Waals surface area contributed by atoms with E-state index in [0.29, 0.717) is 26.2 Å². The van der Waals surface area contributed by atoms with Crippen molar-refractivity contribution in [3.63, 3.8) is 0 Å². The number of ether oxygens (including phenoxy) is 2. The van der Waals surface area contributed by atoms with E-state index >= 15 is 0 Å². The minimum Gasteiger partial charge on any atom is -0.493 e. The van der Waals surface area contributed by atoms with E-state index in [2.05, 4.69) is 70.9 Å². The molecule has 2 amide bonds. The normalized spacial score (nSPS) is 14.1. The predicted molar refractivity (Wildman–Crippen MR) is 139 cm³/mol. The minimum absolute atomic E-state index is 0.00137. The van der Waals surface area contributed by atoms with Crippen molar-refractivity contribution < 1.29 is 14.3 Å².